The summed E-state index contributed by atoms with van der Waals surface area (Å²) in [5, 5.41) is 6.21. The number of likely N-dealkylation sites (N-methyl/N-ethyl adjacent to an activating group) is 1. The van der Waals surface area contributed by atoms with E-state index in [4.69, 9.17) is 4.74 Å². The van der Waals surface area contributed by atoms with Crippen LogP contribution in [0, 0.1) is 0 Å². The molecule has 0 aliphatic carbocycles. The molecule has 212 valence electrons. The summed E-state index contributed by atoms with van der Waals surface area (Å²) in [6.07, 6.45) is 4.33. The third-order valence-corrected chi connectivity index (χ3v) is 6.44. The molecule has 0 fully saturated rings. The van der Waals surface area contributed by atoms with E-state index < -0.39 is 30.1 Å². The van der Waals surface area contributed by atoms with E-state index in [1.165, 1.54) is 0 Å². The molecule has 2 rings (SSSR count). The molecular formula is C29H41N4O5P. The van der Waals surface area contributed by atoms with Crippen LogP contribution in [0.4, 0.5) is 10.5 Å². The zero-order valence-electron chi connectivity index (χ0n) is 24.0. The Morgan fingerprint density at radius 3 is 2.38 bits per heavy atom. The molecule has 2 N–H and O–H groups in total. The fourth-order valence-electron chi connectivity index (χ4n) is 4.06. The molecule has 9 nitrogen and oxygen atoms in total. The first-order valence-electron chi connectivity index (χ1n) is 13.1. The number of hydrogen-bond acceptors (Lipinski definition) is 6. The Labute approximate surface area is 233 Å². The van der Waals surface area contributed by atoms with Crippen molar-refractivity contribution < 1.29 is 23.9 Å². The normalized spacial score (nSPS) is 15.1. The highest BCUT2D eigenvalue weighted by Crippen LogP contribution is 2.36. The first-order valence-corrected chi connectivity index (χ1v) is 13.7. The van der Waals surface area contributed by atoms with E-state index in [0.29, 0.717) is 34.5 Å². The van der Waals surface area contributed by atoms with Gasteiger partial charge in [-0.05, 0) is 76.8 Å². The van der Waals surface area contributed by atoms with Crippen molar-refractivity contribution >= 4 is 49.6 Å². The number of alkyl carbamates (subject to hydrolysis) is 1. The summed E-state index contributed by atoms with van der Waals surface area (Å²) < 4.78 is 5.18. The summed E-state index contributed by atoms with van der Waals surface area (Å²) in [4.78, 5) is 54.5. The van der Waals surface area contributed by atoms with E-state index >= 15 is 0 Å². The van der Waals surface area contributed by atoms with Gasteiger partial charge in [0, 0.05) is 29.8 Å². The topological polar surface area (TPSA) is 108 Å². The molecule has 1 atom stereocenters. The summed E-state index contributed by atoms with van der Waals surface area (Å²) >= 11 is 0. The number of nitrogens with zero attached hydrogens (tertiary/aromatic N) is 2. The minimum atomic E-state index is -0.744. The van der Waals surface area contributed by atoms with Crippen LogP contribution < -0.4 is 20.8 Å². The van der Waals surface area contributed by atoms with Crippen molar-refractivity contribution in [3.05, 3.63) is 53.1 Å². The van der Waals surface area contributed by atoms with Crippen LogP contribution in [-0.4, -0.2) is 67.0 Å². The Morgan fingerprint density at radius 1 is 1.13 bits per heavy atom. The average molecular weight is 557 g/mol. The van der Waals surface area contributed by atoms with Crippen molar-refractivity contribution in [2.45, 2.75) is 54.1 Å². The second-order valence-electron chi connectivity index (χ2n) is 10.1. The van der Waals surface area contributed by atoms with Crippen molar-refractivity contribution in [3.8, 4) is 0 Å². The first-order chi connectivity index (χ1) is 18.3. The molecule has 0 saturated heterocycles. The molecule has 1 aliphatic heterocycles. The van der Waals surface area contributed by atoms with E-state index in [-0.39, 0.29) is 5.91 Å². The minimum absolute atomic E-state index is 0.188. The molecule has 39 heavy (non-hydrogen) atoms. The third-order valence-electron chi connectivity index (χ3n) is 6.08. The predicted molar refractivity (Wildman–Crippen MR) is 159 cm³/mol. The van der Waals surface area contributed by atoms with Gasteiger partial charge in [0.1, 0.15) is 12.1 Å². The van der Waals surface area contributed by atoms with Crippen LogP contribution in [0.2, 0.25) is 0 Å². The fourth-order valence-corrected chi connectivity index (χ4v) is 4.32. The van der Waals surface area contributed by atoms with Crippen molar-refractivity contribution in [3.63, 3.8) is 0 Å². The lowest BCUT2D eigenvalue weighted by Crippen LogP contribution is -2.43. The number of ether oxygens (including phenoxy) is 1. The van der Waals surface area contributed by atoms with Crippen LogP contribution in [0.3, 0.4) is 0 Å². The van der Waals surface area contributed by atoms with Crippen molar-refractivity contribution in [1.29, 1.82) is 0 Å². The maximum atomic E-state index is 13.4. The van der Waals surface area contributed by atoms with Gasteiger partial charge in [-0.3, -0.25) is 14.4 Å². The lowest BCUT2D eigenvalue weighted by molar-refractivity contribution is -0.123. The number of rotatable bonds is 10. The van der Waals surface area contributed by atoms with Crippen LogP contribution in [-0.2, 0) is 19.1 Å². The average Bonchev–Trinajstić information content (AvgIpc) is 3.13. The number of allylic oxidation sites excluding steroid dienone is 3. The Morgan fingerprint density at radius 2 is 1.79 bits per heavy atom. The van der Waals surface area contributed by atoms with Gasteiger partial charge in [0.25, 0.3) is 17.7 Å². The van der Waals surface area contributed by atoms with Gasteiger partial charge in [-0.15, -0.1) is 9.24 Å². The standard InChI is InChI=1S/C29H41N4O5P/c1-8-21(26(35)30-15-16-32(9-2)10-3)19(4)11-13-22-23-17-20(39)12-14-24(23)33(27(22)36)25(34)18-31-28(37)38-29(5,6)7/h8,11-14,17H,9-10,15-16,18,39H2,1-7H3,(H,30,35)(H,31,37)/b19-11+,21-8-,22-13-. The van der Waals surface area contributed by atoms with Crippen LogP contribution in [0.1, 0.15) is 54.0 Å². The highest BCUT2D eigenvalue weighted by molar-refractivity contribution is 7.27. The van der Waals surface area contributed by atoms with Crippen LogP contribution >= 0.6 is 9.24 Å². The predicted octanol–water partition coefficient (Wildman–Crippen LogP) is 3.32. The van der Waals surface area contributed by atoms with Gasteiger partial charge in [0.05, 0.1) is 5.69 Å². The molecule has 4 amide bonds. The highest BCUT2D eigenvalue weighted by Gasteiger charge is 2.36. The highest BCUT2D eigenvalue weighted by atomic mass is 31.0. The van der Waals surface area contributed by atoms with Gasteiger partial charge < -0.3 is 20.3 Å². The third kappa shape index (κ3) is 8.87. The lowest BCUT2D eigenvalue weighted by Gasteiger charge is -2.20. The molecule has 1 heterocycles. The van der Waals surface area contributed by atoms with E-state index in [1.54, 1.807) is 71.0 Å². The molecular weight excluding hydrogens is 515 g/mol. The van der Waals surface area contributed by atoms with E-state index in [2.05, 4.69) is 38.6 Å². The number of carbonyl (C=O) groups excluding carboxylic acids is 4. The zero-order valence-corrected chi connectivity index (χ0v) is 25.2. The van der Waals surface area contributed by atoms with E-state index in [9.17, 15) is 19.2 Å². The minimum Gasteiger partial charge on any atom is -0.444 e. The molecule has 0 aromatic heterocycles. The SMILES string of the molecule is C/C=C(C(=O)NCCN(CC)CC)/C(C)=C/C=C1\C(=O)N(C(=O)CNC(=O)OC(C)(C)C)c2ccc(P)cc21. The van der Waals surface area contributed by atoms with Gasteiger partial charge >= 0.3 is 6.09 Å². The Balaban J connectivity index is 2.24. The number of imide groups is 1. The second-order valence-corrected chi connectivity index (χ2v) is 10.7. The summed E-state index contributed by atoms with van der Waals surface area (Å²) in [5.74, 6) is -1.28. The Bertz CT molecular complexity index is 1190. The second kappa shape index (κ2) is 14.2. The van der Waals surface area contributed by atoms with Gasteiger partial charge in [0.15, 0.2) is 0 Å². The molecule has 0 spiro atoms. The number of nitrogens with one attached hydrogen (secondary N) is 2. The van der Waals surface area contributed by atoms with Crippen LogP contribution in [0.15, 0.2) is 47.6 Å². The quantitative estimate of drug-likeness (QED) is 0.260. The number of fused-ring (bicyclic) bond motifs is 1. The summed E-state index contributed by atoms with van der Waals surface area (Å²) in [6, 6.07) is 5.28. The van der Waals surface area contributed by atoms with Crippen LogP contribution in [0.5, 0.6) is 0 Å². The van der Waals surface area contributed by atoms with Gasteiger partial charge in [-0.25, -0.2) is 9.69 Å². The van der Waals surface area contributed by atoms with E-state index in [0.717, 1.165) is 29.8 Å². The molecule has 10 heteroatoms. The summed E-state index contributed by atoms with van der Waals surface area (Å²) in [6.45, 7) is 15.6. The molecule has 0 saturated carbocycles. The number of carbonyl (C=O) groups is 4. The van der Waals surface area contributed by atoms with Gasteiger partial charge in [-0.2, -0.15) is 0 Å². The molecule has 1 aromatic carbocycles. The number of hydrogen-bond donors (Lipinski definition) is 2. The molecule has 0 radical (unpaired) electrons. The molecule has 0 bridgehead atoms. The van der Waals surface area contributed by atoms with E-state index in [1.807, 2.05) is 0 Å². The lowest BCUT2D eigenvalue weighted by atomic mass is 10.0. The number of amides is 4. The maximum absolute atomic E-state index is 13.4. The van der Waals surface area contributed by atoms with Crippen LogP contribution in [0.25, 0.3) is 5.57 Å². The molecule has 1 unspecified atom stereocenters. The zero-order chi connectivity index (χ0) is 29.3. The van der Waals surface area contributed by atoms with Crippen molar-refractivity contribution in [2.75, 3.05) is 37.6 Å². The van der Waals surface area contributed by atoms with Gasteiger partial charge in [-0.1, -0.05) is 32.1 Å². The largest absolute Gasteiger partial charge is 0.444 e. The summed E-state index contributed by atoms with van der Waals surface area (Å²) in [7, 11) is 2.58. The molecule has 1 aromatic rings. The number of anilines is 1. The monoisotopic (exact) mass is 556 g/mol. The fraction of sp³-hybridized carbons (Fsp3) is 0.448. The van der Waals surface area contributed by atoms with Gasteiger partial charge in [0.2, 0.25) is 0 Å². The molecule has 1 aliphatic rings. The van der Waals surface area contributed by atoms with Crippen molar-refractivity contribution in [2.24, 2.45) is 0 Å². The smallest absolute Gasteiger partial charge is 0.408 e. The Kier molecular flexibility index (Phi) is 11.6. The van der Waals surface area contributed by atoms with Crippen molar-refractivity contribution in [1.82, 2.24) is 15.5 Å². The summed E-state index contributed by atoms with van der Waals surface area (Å²) in [5.41, 5.74) is 1.81. The maximum Gasteiger partial charge on any atom is 0.408 e. The number of benzene rings is 1. The first kappa shape index (κ1) is 31.9. The Hall–Kier alpha value is -3.29.